The highest BCUT2D eigenvalue weighted by atomic mass is 16.6. The molecule has 0 aliphatic rings. The highest BCUT2D eigenvalue weighted by Crippen LogP contribution is 2.13. The predicted molar refractivity (Wildman–Crippen MR) is 117 cm³/mol. The van der Waals surface area contributed by atoms with E-state index in [1.165, 1.54) is 0 Å². The van der Waals surface area contributed by atoms with Crippen molar-refractivity contribution < 1.29 is 28.5 Å². The number of carbonyl (C=O) groups excluding carboxylic acids is 2. The van der Waals surface area contributed by atoms with Gasteiger partial charge >= 0.3 is 11.9 Å². The number of hydrogen-bond donors (Lipinski definition) is 0. The van der Waals surface area contributed by atoms with Crippen LogP contribution in [-0.4, -0.2) is 49.6 Å². The molecule has 30 heavy (non-hydrogen) atoms. The molecule has 0 bridgehead atoms. The van der Waals surface area contributed by atoms with Crippen LogP contribution in [0.15, 0.2) is 49.6 Å². The predicted octanol–water partition coefficient (Wildman–Crippen LogP) is 4.74. The molecular weight excluding hydrogens is 384 g/mol. The maximum Gasteiger partial charge on any atom is 0.338 e. The van der Waals surface area contributed by atoms with Gasteiger partial charge in [0.15, 0.2) is 0 Å². The van der Waals surface area contributed by atoms with Gasteiger partial charge < -0.3 is 18.9 Å². The molecule has 0 fully saturated rings. The molecule has 0 amide bonds. The second kappa shape index (κ2) is 13.7. The van der Waals surface area contributed by atoms with Gasteiger partial charge in [-0.15, -0.1) is 13.2 Å². The Bertz CT molecular complexity index is 622. The lowest BCUT2D eigenvalue weighted by molar-refractivity contribution is 0.00804. The van der Waals surface area contributed by atoms with E-state index < -0.39 is 11.9 Å². The number of carbonyl (C=O) groups is 2. The summed E-state index contributed by atoms with van der Waals surface area (Å²) < 4.78 is 21.9. The van der Waals surface area contributed by atoms with Gasteiger partial charge in [0.1, 0.15) is 12.2 Å². The summed E-state index contributed by atoms with van der Waals surface area (Å²) in [5.74, 6) is -0.889. The minimum absolute atomic E-state index is 0.0465. The van der Waals surface area contributed by atoms with Gasteiger partial charge in [0.2, 0.25) is 0 Å². The lowest BCUT2D eigenvalue weighted by Crippen LogP contribution is -2.22. The fraction of sp³-hybridized carbons (Fsp3) is 0.500. The SMILES string of the molecule is C=CCO[C@H](C)C[C@@H](C)OC(=O)c1ccc(C(=O)O[C@H](C)C[C@@H](C)OCC=C)cc1. The molecule has 6 nitrogen and oxygen atoms in total. The normalized spacial score (nSPS) is 14.8. The van der Waals surface area contributed by atoms with Crippen molar-refractivity contribution in [2.24, 2.45) is 0 Å². The Morgan fingerprint density at radius 3 is 1.37 bits per heavy atom. The van der Waals surface area contributed by atoms with E-state index in [4.69, 9.17) is 18.9 Å². The van der Waals surface area contributed by atoms with Crippen LogP contribution in [-0.2, 0) is 18.9 Å². The van der Waals surface area contributed by atoms with E-state index in [0.717, 1.165) is 0 Å². The molecule has 0 aromatic heterocycles. The Hall–Kier alpha value is -2.44. The first-order chi connectivity index (χ1) is 14.3. The van der Waals surface area contributed by atoms with E-state index in [1.807, 2.05) is 27.7 Å². The zero-order valence-corrected chi connectivity index (χ0v) is 18.5. The Labute approximate surface area is 179 Å². The van der Waals surface area contributed by atoms with Gasteiger partial charge in [0, 0.05) is 12.8 Å². The third kappa shape index (κ3) is 9.85. The topological polar surface area (TPSA) is 71.1 Å². The van der Waals surface area contributed by atoms with Gasteiger partial charge in [-0.25, -0.2) is 9.59 Å². The van der Waals surface area contributed by atoms with Crippen molar-refractivity contribution >= 4 is 11.9 Å². The second-order valence-corrected chi connectivity index (χ2v) is 7.35. The van der Waals surface area contributed by atoms with E-state index in [1.54, 1.807) is 36.4 Å². The fourth-order valence-corrected chi connectivity index (χ4v) is 2.88. The first-order valence-corrected chi connectivity index (χ1v) is 10.2. The molecule has 0 heterocycles. The summed E-state index contributed by atoms with van der Waals surface area (Å²) in [4.78, 5) is 24.6. The quantitative estimate of drug-likeness (QED) is 0.321. The molecule has 0 saturated heterocycles. The standard InChI is InChI=1S/C24H34O6/c1-7-13-27-17(3)15-19(5)29-23(25)21-9-11-22(12-10-21)24(26)30-20(6)16-18(4)28-14-8-2/h7-12,17-20H,1-2,13-16H2,3-6H3/t17-,18-,19-,20-/m1/s1. The lowest BCUT2D eigenvalue weighted by Gasteiger charge is -2.18. The van der Waals surface area contributed by atoms with E-state index in [2.05, 4.69) is 13.2 Å². The molecule has 0 radical (unpaired) electrons. The van der Waals surface area contributed by atoms with Crippen LogP contribution in [0.2, 0.25) is 0 Å². The number of ether oxygens (including phenoxy) is 4. The van der Waals surface area contributed by atoms with Crippen molar-refractivity contribution in [3.05, 3.63) is 60.7 Å². The molecule has 0 unspecified atom stereocenters. The maximum atomic E-state index is 12.3. The molecule has 166 valence electrons. The number of esters is 2. The van der Waals surface area contributed by atoms with Crippen molar-refractivity contribution in [2.45, 2.75) is 65.0 Å². The molecule has 1 aromatic carbocycles. The highest BCUT2D eigenvalue weighted by Gasteiger charge is 2.18. The minimum atomic E-state index is -0.445. The van der Waals surface area contributed by atoms with Crippen LogP contribution in [0.25, 0.3) is 0 Å². The summed E-state index contributed by atoms with van der Waals surface area (Å²) in [7, 11) is 0. The summed E-state index contributed by atoms with van der Waals surface area (Å²) in [6.07, 6.45) is 3.83. The number of hydrogen-bond acceptors (Lipinski definition) is 6. The molecule has 0 saturated carbocycles. The van der Waals surface area contributed by atoms with Crippen molar-refractivity contribution in [1.82, 2.24) is 0 Å². The minimum Gasteiger partial charge on any atom is -0.459 e. The summed E-state index contributed by atoms with van der Waals surface area (Å²) >= 11 is 0. The highest BCUT2D eigenvalue weighted by molar-refractivity contribution is 5.93. The first-order valence-electron chi connectivity index (χ1n) is 10.2. The monoisotopic (exact) mass is 418 g/mol. The van der Waals surface area contributed by atoms with Crippen LogP contribution >= 0.6 is 0 Å². The van der Waals surface area contributed by atoms with Crippen LogP contribution < -0.4 is 0 Å². The Balaban J connectivity index is 2.52. The number of rotatable bonds is 14. The van der Waals surface area contributed by atoms with Gasteiger partial charge in [0.05, 0.1) is 36.5 Å². The molecule has 0 aliphatic carbocycles. The zero-order valence-electron chi connectivity index (χ0n) is 18.5. The van der Waals surface area contributed by atoms with E-state index >= 15 is 0 Å². The van der Waals surface area contributed by atoms with E-state index in [0.29, 0.717) is 37.2 Å². The van der Waals surface area contributed by atoms with E-state index in [-0.39, 0.29) is 24.4 Å². The van der Waals surface area contributed by atoms with Crippen LogP contribution in [0.3, 0.4) is 0 Å². The lowest BCUT2D eigenvalue weighted by atomic mass is 10.1. The third-order valence-electron chi connectivity index (χ3n) is 4.30. The van der Waals surface area contributed by atoms with Crippen LogP contribution in [0.5, 0.6) is 0 Å². The molecule has 0 aliphatic heterocycles. The average molecular weight is 419 g/mol. The Morgan fingerprint density at radius 1 is 0.733 bits per heavy atom. The fourth-order valence-electron chi connectivity index (χ4n) is 2.88. The summed E-state index contributed by atoms with van der Waals surface area (Å²) in [5.41, 5.74) is 0.745. The van der Waals surface area contributed by atoms with E-state index in [9.17, 15) is 9.59 Å². The molecule has 0 spiro atoms. The average Bonchev–Trinajstić information content (AvgIpc) is 2.70. The Kier molecular flexibility index (Phi) is 11.7. The maximum absolute atomic E-state index is 12.3. The van der Waals surface area contributed by atoms with Gasteiger partial charge in [-0.05, 0) is 52.0 Å². The molecule has 6 heteroatoms. The third-order valence-corrected chi connectivity index (χ3v) is 4.30. The van der Waals surface area contributed by atoms with Crippen molar-refractivity contribution in [3.63, 3.8) is 0 Å². The smallest absolute Gasteiger partial charge is 0.338 e. The van der Waals surface area contributed by atoms with Crippen LogP contribution in [0, 0.1) is 0 Å². The van der Waals surface area contributed by atoms with Crippen LogP contribution in [0.1, 0.15) is 61.3 Å². The van der Waals surface area contributed by atoms with Crippen molar-refractivity contribution in [1.29, 1.82) is 0 Å². The zero-order chi connectivity index (χ0) is 22.5. The summed E-state index contributed by atoms with van der Waals surface area (Å²) in [5, 5.41) is 0. The van der Waals surface area contributed by atoms with Gasteiger partial charge in [0.25, 0.3) is 0 Å². The summed E-state index contributed by atoms with van der Waals surface area (Å²) in [6.45, 7) is 15.6. The largest absolute Gasteiger partial charge is 0.459 e. The molecule has 1 aromatic rings. The Morgan fingerprint density at radius 2 is 1.07 bits per heavy atom. The molecule has 0 N–H and O–H groups in total. The first kappa shape index (κ1) is 25.6. The molecule has 1 rings (SSSR count). The number of benzene rings is 1. The van der Waals surface area contributed by atoms with Crippen LogP contribution in [0.4, 0.5) is 0 Å². The van der Waals surface area contributed by atoms with Gasteiger partial charge in [-0.1, -0.05) is 12.2 Å². The summed E-state index contributed by atoms with van der Waals surface area (Å²) in [6, 6.07) is 6.24. The van der Waals surface area contributed by atoms with Gasteiger partial charge in [-0.2, -0.15) is 0 Å². The molecule has 4 atom stereocenters. The molecular formula is C24H34O6. The second-order valence-electron chi connectivity index (χ2n) is 7.35. The van der Waals surface area contributed by atoms with Gasteiger partial charge in [-0.3, -0.25) is 0 Å². The van der Waals surface area contributed by atoms with Crippen molar-refractivity contribution in [2.75, 3.05) is 13.2 Å². The van der Waals surface area contributed by atoms with Crippen molar-refractivity contribution in [3.8, 4) is 0 Å².